The fraction of sp³-hybridized carbons (Fsp3) is 0.0500. The van der Waals surface area contributed by atoms with Gasteiger partial charge in [-0.15, -0.1) is 0 Å². The fourth-order valence-electron chi connectivity index (χ4n) is 2.79. The van der Waals surface area contributed by atoms with Crippen molar-refractivity contribution in [2.75, 3.05) is 0 Å². The molecule has 3 nitrogen and oxygen atoms in total. The fourth-order valence-corrected chi connectivity index (χ4v) is 4.03. The number of nitrogens with zero attached hydrogens (tertiary/aromatic N) is 2. The van der Waals surface area contributed by atoms with Gasteiger partial charge in [0.25, 0.3) is 5.91 Å². The van der Waals surface area contributed by atoms with E-state index in [9.17, 15) is 4.79 Å². The van der Waals surface area contributed by atoms with Gasteiger partial charge in [-0.3, -0.25) is 14.7 Å². The number of amides is 1. The molecule has 2 heterocycles. The first-order chi connectivity index (χ1) is 12.2. The molecule has 0 spiro atoms. The lowest BCUT2D eigenvalue weighted by Crippen LogP contribution is -2.27. The molecule has 1 fully saturated rings. The van der Waals surface area contributed by atoms with E-state index in [0.717, 1.165) is 22.0 Å². The third kappa shape index (κ3) is 3.21. The summed E-state index contributed by atoms with van der Waals surface area (Å²) in [5, 5.41) is 1.05. The zero-order valence-corrected chi connectivity index (χ0v) is 14.9. The normalized spacial score (nSPS) is 16.2. The Balaban J connectivity index is 1.66. The molecule has 1 saturated heterocycles. The van der Waals surface area contributed by atoms with Crippen LogP contribution in [-0.2, 0) is 11.3 Å². The van der Waals surface area contributed by atoms with E-state index >= 15 is 0 Å². The van der Waals surface area contributed by atoms with Crippen LogP contribution in [0.4, 0.5) is 0 Å². The Kier molecular flexibility index (Phi) is 4.34. The maximum Gasteiger partial charge on any atom is 0.266 e. The van der Waals surface area contributed by atoms with Gasteiger partial charge in [-0.05, 0) is 17.7 Å². The highest BCUT2D eigenvalue weighted by molar-refractivity contribution is 8.26. The molecule has 0 bridgehead atoms. The molecule has 0 saturated carbocycles. The predicted molar refractivity (Wildman–Crippen MR) is 107 cm³/mol. The van der Waals surface area contributed by atoms with E-state index in [4.69, 9.17) is 12.2 Å². The lowest BCUT2D eigenvalue weighted by Gasteiger charge is -2.14. The summed E-state index contributed by atoms with van der Waals surface area (Å²) in [5.41, 5.74) is 2.88. The zero-order valence-electron chi connectivity index (χ0n) is 13.3. The average molecular weight is 362 g/mol. The Hall–Kier alpha value is -2.50. The Morgan fingerprint density at radius 1 is 1.04 bits per heavy atom. The Bertz CT molecular complexity index is 994. The number of hydrogen-bond donors (Lipinski definition) is 0. The van der Waals surface area contributed by atoms with E-state index in [0.29, 0.717) is 15.8 Å². The third-order valence-corrected chi connectivity index (χ3v) is 5.39. The van der Waals surface area contributed by atoms with Gasteiger partial charge in [0.05, 0.1) is 17.0 Å². The number of rotatable bonds is 3. The van der Waals surface area contributed by atoms with Crippen LogP contribution in [0.25, 0.3) is 17.0 Å². The van der Waals surface area contributed by atoms with Crippen LogP contribution >= 0.6 is 24.0 Å². The Morgan fingerprint density at radius 2 is 1.84 bits per heavy atom. The van der Waals surface area contributed by atoms with Crippen LogP contribution in [0, 0.1) is 0 Å². The maximum atomic E-state index is 12.8. The molecule has 2 aromatic carbocycles. The predicted octanol–water partition coefficient (Wildman–Crippen LogP) is 4.64. The van der Waals surface area contributed by atoms with Crippen molar-refractivity contribution < 1.29 is 4.79 Å². The number of hydrogen-bond acceptors (Lipinski definition) is 4. The molecule has 122 valence electrons. The molecule has 1 amide bonds. The molecule has 0 N–H and O–H groups in total. The summed E-state index contributed by atoms with van der Waals surface area (Å²) in [6, 6.07) is 19.8. The SMILES string of the molecule is O=C1/C(=C/c2cccc3cccnc23)SC(=S)N1Cc1ccccc1. The number of carbonyl (C=O) groups excluding carboxylic acids is 1. The quantitative estimate of drug-likeness (QED) is 0.502. The summed E-state index contributed by atoms with van der Waals surface area (Å²) < 4.78 is 0.591. The first kappa shape index (κ1) is 16.0. The Morgan fingerprint density at radius 3 is 2.68 bits per heavy atom. The van der Waals surface area contributed by atoms with Crippen LogP contribution in [0.2, 0.25) is 0 Å². The van der Waals surface area contributed by atoms with Gasteiger partial charge >= 0.3 is 0 Å². The standard InChI is InChI=1S/C20H14N2OS2/c23-19-17(12-16-9-4-8-15-10-5-11-21-18(15)16)25-20(24)22(19)13-14-6-2-1-3-7-14/h1-12H,13H2/b17-12-. The number of carbonyl (C=O) groups is 1. The van der Waals surface area contributed by atoms with E-state index in [-0.39, 0.29) is 5.91 Å². The average Bonchev–Trinajstić information content (AvgIpc) is 2.90. The summed E-state index contributed by atoms with van der Waals surface area (Å²) in [6.45, 7) is 0.497. The molecular formula is C20H14N2OS2. The summed E-state index contributed by atoms with van der Waals surface area (Å²) in [5.74, 6) is -0.0493. The highest BCUT2D eigenvalue weighted by Gasteiger charge is 2.32. The second kappa shape index (κ2) is 6.78. The van der Waals surface area contributed by atoms with E-state index in [1.54, 1.807) is 11.1 Å². The van der Waals surface area contributed by atoms with Gasteiger partial charge in [0.2, 0.25) is 0 Å². The number of para-hydroxylation sites is 1. The zero-order chi connectivity index (χ0) is 17.2. The summed E-state index contributed by atoms with van der Waals surface area (Å²) in [6.07, 6.45) is 3.65. The number of fused-ring (bicyclic) bond motifs is 1. The van der Waals surface area contributed by atoms with Gasteiger partial charge in [-0.2, -0.15) is 0 Å². The second-order valence-electron chi connectivity index (χ2n) is 5.68. The minimum absolute atomic E-state index is 0.0493. The van der Waals surface area contributed by atoms with E-state index in [1.807, 2.05) is 66.7 Å². The van der Waals surface area contributed by atoms with E-state index < -0.39 is 0 Å². The van der Waals surface area contributed by atoms with E-state index in [2.05, 4.69) is 4.98 Å². The Labute approximate surface area is 155 Å². The highest BCUT2D eigenvalue weighted by atomic mass is 32.2. The van der Waals surface area contributed by atoms with Crippen molar-refractivity contribution in [1.82, 2.24) is 9.88 Å². The van der Waals surface area contributed by atoms with Gasteiger partial charge in [-0.25, -0.2) is 0 Å². The summed E-state index contributed by atoms with van der Waals surface area (Å²) in [4.78, 5) is 19.5. The van der Waals surface area contributed by atoms with Crippen molar-refractivity contribution in [2.24, 2.45) is 0 Å². The van der Waals surface area contributed by atoms with Crippen molar-refractivity contribution in [3.05, 3.63) is 82.9 Å². The summed E-state index contributed by atoms with van der Waals surface area (Å²) in [7, 11) is 0. The topological polar surface area (TPSA) is 33.2 Å². The highest BCUT2D eigenvalue weighted by Crippen LogP contribution is 2.34. The minimum atomic E-state index is -0.0493. The van der Waals surface area contributed by atoms with Crippen molar-refractivity contribution in [3.63, 3.8) is 0 Å². The molecule has 3 aromatic rings. The second-order valence-corrected chi connectivity index (χ2v) is 7.35. The molecule has 0 atom stereocenters. The molecule has 0 radical (unpaired) electrons. The molecule has 5 heteroatoms. The lowest BCUT2D eigenvalue weighted by atomic mass is 10.1. The smallest absolute Gasteiger partial charge is 0.266 e. The number of thioether (sulfide) groups is 1. The van der Waals surface area contributed by atoms with Gasteiger partial charge in [0.1, 0.15) is 4.32 Å². The number of benzene rings is 2. The molecule has 25 heavy (non-hydrogen) atoms. The third-order valence-electron chi connectivity index (χ3n) is 4.01. The van der Waals surface area contributed by atoms with Gasteiger partial charge in [0.15, 0.2) is 0 Å². The molecule has 0 aliphatic carbocycles. The van der Waals surface area contributed by atoms with Crippen molar-refractivity contribution in [3.8, 4) is 0 Å². The lowest BCUT2D eigenvalue weighted by molar-refractivity contribution is -0.122. The number of thiocarbonyl (C=S) groups is 1. The molecule has 1 aliphatic rings. The van der Waals surface area contributed by atoms with E-state index in [1.165, 1.54) is 11.8 Å². The molecule has 4 rings (SSSR count). The van der Waals surface area contributed by atoms with Crippen LogP contribution in [0.1, 0.15) is 11.1 Å². The van der Waals surface area contributed by atoms with Gasteiger partial charge in [0, 0.05) is 17.1 Å². The molecule has 0 unspecified atom stereocenters. The van der Waals surface area contributed by atoms with Crippen LogP contribution < -0.4 is 0 Å². The molecular weight excluding hydrogens is 348 g/mol. The minimum Gasteiger partial charge on any atom is -0.288 e. The van der Waals surface area contributed by atoms with Gasteiger partial charge in [-0.1, -0.05) is 78.6 Å². The number of aromatic nitrogens is 1. The van der Waals surface area contributed by atoms with Crippen LogP contribution in [0.3, 0.4) is 0 Å². The molecule has 1 aromatic heterocycles. The van der Waals surface area contributed by atoms with Crippen molar-refractivity contribution >= 4 is 51.2 Å². The van der Waals surface area contributed by atoms with Crippen molar-refractivity contribution in [1.29, 1.82) is 0 Å². The number of pyridine rings is 1. The summed E-state index contributed by atoms with van der Waals surface area (Å²) >= 11 is 6.76. The monoisotopic (exact) mass is 362 g/mol. The first-order valence-electron chi connectivity index (χ1n) is 7.85. The van der Waals surface area contributed by atoms with Crippen molar-refractivity contribution in [2.45, 2.75) is 6.54 Å². The van der Waals surface area contributed by atoms with Crippen LogP contribution in [0.5, 0.6) is 0 Å². The van der Waals surface area contributed by atoms with Gasteiger partial charge < -0.3 is 0 Å². The largest absolute Gasteiger partial charge is 0.288 e. The maximum absolute atomic E-state index is 12.8. The molecule has 1 aliphatic heterocycles. The first-order valence-corrected chi connectivity index (χ1v) is 9.08. The van der Waals surface area contributed by atoms with Crippen LogP contribution in [0.15, 0.2) is 71.8 Å². The van der Waals surface area contributed by atoms with Crippen LogP contribution in [-0.4, -0.2) is 20.1 Å².